The Hall–Kier alpha value is -0.820. The monoisotopic (exact) mass is 234 g/mol. The van der Waals surface area contributed by atoms with Crippen molar-refractivity contribution in [3.05, 3.63) is 35.4 Å². The highest BCUT2D eigenvalue weighted by Crippen LogP contribution is 2.11. The number of unbranched alkanes of at least 4 members (excludes halogenated alkanes) is 3. The van der Waals surface area contributed by atoms with E-state index in [-0.39, 0.29) is 0 Å². The van der Waals surface area contributed by atoms with Gasteiger partial charge in [0.1, 0.15) is 0 Å². The third kappa shape index (κ3) is 6.48. The minimum absolute atomic E-state index is 0.909. The second-order valence-corrected chi connectivity index (χ2v) is 4.73. The molecule has 0 aromatic heterocycles. The van der Waals surface area contributed by atoms with Gasteiger partial charge in [-0.2, -0.15) is 0 Å². The van der Waals surface area contributed by atoms with Crippen LogP contribution in [0, 0.1) is 0 Å². The summed E-state index contributed by atoms with van der Waals surface area (Å²) in [4.78, 5) is 0. The molecule has 0 saturated heterocycles. The van der Waals surface area contributed by atoms with Crippen LogP contribution in [0.5, 0.6) is 0 Å². The predicted octanol–water partition coefficient (Wildman–Crippen LogP) is 4.39. The summed E-state index contributed by atoms with van der Waals surface area (Å²) >= 11 is 0. The smallest absolute Gasteiger partial charge is 0.0462 e. The highest BCUT2D eigenvalue weighted by atomic mass is 16.5. The lowest BCUT2D eigenvalue weighted by atomic mass is 10.0. The SMILES string of the molecule is CCCc1cccc(CCCCCCOC)c1. The Bertz CT molecular complexity index is 293. The quantitative estimate of drug-likeness (QED) is 0.576. The molecule has 0 aliphatic heterocycles. The summed E-state index contributed by atoms with van der Waals surface area (Å²) < 4.78 is 5.05. The predicted molar refractivity (Wildman–Crippen MR) is 74.5 cm³/mol. The Balaban J connectivity index is 2.19. The molecule has 17 heavy (non-hydrogen) atoms. The summed E-state index contributed by atoms with van der Waals surface area (Å²) in [6.07, 6.45) is 8.79. The summed E-state index contributed by atoms with van der Waals surface area (Å²) in [6, 6.07) is 9.07. The number of hydrogen-bond acceptors (Lipinski definition) is 1. The van der Waals surface area contributed by atoms with Crippen LogP contribution >= 0.6 is 0 Å². The lowest BCUT2D eigenvalue weighted by molar-refractivity contribution is 0.192. The van der Waals surface area contributed by atoms with E-state index in [0.717, 1.165) is 6.61 Å². The lowest BCUT2D eigenvalue weighted by Crippen LogP contribution is -1.91. The number of benzene rings is 1. The summed E-state index contributed by atoms with van der Waals surface area (Å²) in [5.74, 6) is 0. The van der Waals surface area contributed by atoms with E-state index in [4.69, 9.17) is 4.74 Å². The van der Waals surface area contributed by atoms with E-state index in [1.807, 2.05) is 0 Å². The van der Waals surface area contributed by atoms with Crippen molar-refractivity contribution in [2.24, 2.45) is 0 Å². The van der Waals surface area contributed by atoms with Crippen LogP contribution in [-0.4, -0.2) is 13.7 Å². The van der Waals surface area contributed by atoms with Crippen LogP contribution in [0.2, 0.25) is 0 Å². The molecule has 1 aromatic carbocycles. The van der Waals surface area contributed by atoms with Crippen molar-refractivity contribution < 1.29 is 4.74 Å². The minimum Gasteiger partial charge on any atom is -0.385 e. The Kier molecular flexibility index (Phi) is 7.74. The van der Waals surface area contributed by atoms with Crippen LogP contribution in [-0.2, 0) is 17.6 Å². The maximum atomic E-state index is 5.05. The lowest BCUT2D eigenvalue weighted by Gasteiger charge is -2.05. The molecule has 0 radical (unpaired) electrons. The van der Waals surface area contributed by atoms with Gasteiger partial charge in [0, 0.05) is 13.7 Å². The molecule has 0 atom stereocenters. The molecule has 0 aliphatic rings. The molecule has 0 unspecified atom stereocenters. The first kappa shape index (κ1) is 14.2. The van der Waals surface area contributed by atoms with Crippen molar-refractivity contribution in [1.82, 2.24) is 0 Å². The summed E-state index contributed by atoms with van der Waals surface area (Å²) in [6.45, 7) is 3.15. The average Bonchev–Trinajstić information content (AvgIpc) is 2.35. The summed E-state index contributed by atoms with van der Waals surface area (Å²) in [7, 11) is 1.78. The van der Waals surface area contributed by atoms with Gasteiger partial charge < -0.3 is 4.74 Å². The Morgan fingerprint density at radius 2 is 1.65 bits per heavy atom. The summed E-state index contributed by atoms with van der Waals surface area (Å²) in [5.41, 5.74) is 2.99. The second kappa shape index (κ2) is 9.23. The van der Waals surface area contributed by atoms with E-state index in [2.05, 4.69) is 31.2 Å². The van der Waals surface area contributed by atoms with Crippen LogP contribution in [0.15, 0.2) is 24.3 Å². The number of rotatable bonds is 9. The topological polar surface area (TPSA) is 9.23 Å². The van der Waals surface area contributed by atoms with Gasteiger partial charge in [0.2, 0.25) is 0 Å². The van der Waals surface area contributed by atoms with Crippen LogP contribution in [0.4, 0.5) is 0 Å². The Morgan fingerprint density at radius 1 is 0.941 bits per heavy atom. The van der Waals surface area contributed by atoms with E-state index in [0.29, 0.717) is 0 Å². The van der Waals surface area contributed by atoms with E-state index in [1.165, 1.54) is 56.1 Å². The maximum Gasteiger partial charge on any atom is 0.0462 e. The maximum absolute atomic E-state index is 5.05. The molecule has 0 fully saturated rings. The van der Waals surface area contributed by atoms with Crippen LogP contribution < -0.4 is 0 Å². The summed E-state index contributed by atoms with van der Waals surface area (Å²) in [5, 5.41) is 0. The number of aryl methyl sites for hydroxylation is 2. The van der Waals surface area contributed by atoms with E-state index in [1.54, 1.807) is 7.11 Å². The van der Waals surface area contributed by atoms with Crippen LogP contribution in [0.1, 0.15) is 50.2 Å². The van der Waals surface area contributed by atoms with Crippen molar-refractivity contribution in [3.63, 3.8) is 0 Å². The van der Waals surface area contributed by atoms with Gasteiger partial charge in [-0.3, -0.25) is 0 Å². The van der Waals surface area contributed by atoms with Gasteiger partial charge in [-0.05, 0) is 36.8 Å². The molecule has 0 aliphatic carbocycles. The standard InChI is InChI=1S/C16H26O/c1-3-9-15-11-8-12-16(14-15)10-6-4-5-7-13-17-2/h8,11-12,14H,3-7,9-10,13H2,1-2H3. The highest BCUT2D eigenvalue weighted by molar-refractivity contribution is 5.23. The third-order valence-electron chi connectivity index (χ3n) is 3.09. The van der Waals surface area contributed by atoms with Crippen molar-refractivity contribution in [2.45, 2.75) is 51.9 Å². The highest BCUT2D eigenvalue weighted by Gasteiger charge is 1.96. The zero-order valence-electron chi connectivity index (χ0n) is 11.4. The van der Waals surface area contributed by atoms with Gasteiger partial charge in [0.25, 0.3) is 0 Å². The largest absolute Gasteiger partial charge is 0.385 e. The normalized spacial score (nSPS) is 10.7. The number of ether oxygens (including phenoxy) is 1. The first-order chi connectivity index (χ1) is 8.36. The van der Waals surface area contributed by atoms with Gasteiger partial charge in [-0.25, -0.2) is 0 Å². The molecule has 0 amide bonds. The molecule has 1 aromatic rings. The number of methoxy groups -OCH3 is 1. The first-order valence-electron chi connectivity index (χ1n) is 6.93. The van der Waals surface area contributed by atoms with Crippen molar-refractivity contribution in [3.8, 4) is 0 Å². The van der Waals surface area contributed by atoms with Crippen LogP contribution in [0.3, 0.4) is 0 Å². The van der Waals surface area contributed by atoms with E-state index < -0.39 is 0 Å². The molecule has 0 spiro atoms. The fourth-order valence-electron chi connectivity index (χ4n) is 2.16. The van der Waals surface area contributed by atoms with E-state index in [9.17, 15) is 0 Å². The molecule has 96 valence electrons. The molecule has 0 saturated carbocycles. The molecule has 0 bridgehead atoms. The first-order valence-corrected chi connectivity index (χ1v) is 6.93. The van der Waals surface area contributed by atoms with Gasteiger partial charge in [0.05, 0.1) is 0 Å². The zero-order chi connectivity index (χ0) is 12.3. The minimum atomic E-state index is 0.909. The van der Waals surface area contributed by atoms with Crippen molar-refractivity contribution in [1.29, 1.82) is 0 Å². The van der Waals surface area contributed by atoms with E-state index >= 15 is 0 Å². The molecule has 1 rings (SSSR count). The fraction of sp³-hybridized carbons (Fsp3) is 0.625. The van der Waals surface area contributed by atoms with Gasteiger partial charge in [0.15, 0.2) is 0 Å². The molecule has 1 heteroatoms. The number of hydrogen-bond donors (Lipinski definition) is 0. The molecule has 1 nitrogen and oxygen atoms in total. The van der Waals surface area contributed by atoms with Crippen LogP contribution in [0.25, 0.3) is 0 Å². The molecule has 0 heterocycles. The van der Waals surface area contributed by atoms with Gasteiger partial charge >= 0.3 is 0 Å². The van der Waals surface area contributed by atoms with Gasteiger partial charge in [-0.1, -0.05) is 50.5 Å². The van der Waals surface area contributed by atoms with Crippen molar-refractivity contribution >= 4 is 0 Å². The van der Waals surface area contributed by atoms with Crippen molar-refractivity contribution in [2.75, 3.05) is 13.7 Å². The molecular weight excluding hydrogens is 208 g/mol. The van der Waals surface area contributed by atoms with Gasteiger partial charge in [-0.15, -0.1) is 0 Å². The molecule has 0 N–H and O–H groups in total. The average molecular weight is 234 g/mol. The zero-order valence-corrected chi connectivity index (χ0v) is 11.4. The third-order valence-corrected chi connectivity index (χ3v) is 3.09. The molecular formula is C16H26O. The fourth-order valence-corrected chi connectivity index (χ4v) is 2.16. The Labute approximate surface area is 106 Å². The second-order valence-electron chi connectivity index (χ2n) is 4.73. The Morgan fingerprint density at radius 3 is 2.35 bits per heavy atom.